The van der Waals surface area contributed by atoms with Crippen LogP contribution in [0.15, 0.2) is 18.2 Å². The number of nitrogens with one attached hydrogen (secondary N) is 1. The zero-order chi connectivity index (χ0) is 16.0. The number of urea groups is 1. The quantitative estimate of drug-likeness (QED) is 0.862. The zero-order valence-corrected chi connectivity index (χ0v) is 12.1. The molecule has 112 valence electrons. The Balaban J connectivity index is 2.96. The number of carbonyl (C=O) groups excluding carboxylic acids is 1. The molecule has 0 atom stereocenters. The van der Waals surface area contributed by atoms with Crippen molar-refractivity contribution in [2.75, 3.05) is 19.0 Å². The molecule has 2 amide bonds. The van der Waals surface area contributed by atoms with Crippen molar-refractivity contribution in [3.05, 3.63) is 23.8 Å². The third kappa shape index (κ3) is 4.38. The highest BCUT2D eigenvalue weighted by Gasteiger charge is 2.21. The maximum Gasteiger partial charge on any atom is 0.323 e. The molecule has 2 N–H and O–H groups in total. The van der Waals surface area contributed by atoms with E-state index in [0.717, 1.165) is 0 Å². The molecule has 1 aromatic rings. The second kappa shape index (κ2) is 7.14. The lowest BCUT2D eigenvalue weighted by molar-refractivity contribution is -0.137. The molecule has 0 radical (unpaired) electrons. The van der Waals surface area contributed by atoms with Gasteiger partial charge in [-0.3, -0.25) is 4.79 Å². The number of anilines is 1. The predicted octanol–water partition coefficient (Wildman–Crippen LogP) is 1.89. The first-order valence-electron chi connectivity index (χ1n) is 6.26. The minimum atomic E-state index is -1.09. The van der Waals surface area contributed by atoms with Crippen molar-refractivity contribution in [1.29, 1.82) is 5.26 Å². The number of rotatable bonds is 5. The molecular weight excluding hydrogens is 274 g/mol. The van der Waals surface area contributed by atoms with Crippen molar-refractivity contribution in [3.8, 4) is 11.8 Å². The van der Waals surface area contributed by atoms with Gasteiger partial charge in [0.25, 0.3) is 0 Å². The highest BCUT2D eigenvalue weighted by molar-refractivity contribution is 5.93. The maximum atomic E-state index is 12.1. The number of carboxylic acids is 1. The summed E-state index contributed by atoms with van der Waals surface area (Å²) in [4.78, 5) is 24.1. The number of hydrogen-bond acceptors (Lipinski definition) is 4. The van der Waals surface area contributed by atoms with Crippen molar-refractivity contribution in [3.63, 3.8) is 0 Å². The van der Waals surface area contributed by atoms with Crippen molar-refractivity contribution >= 4 is 17.7 Å². The van der Waals surface area contributed by atoms with Gasteiger partial charge in [-0.05, 0) is 26.0 Å². The van der Waals surface area contributed by atoms with Crippen LogP contribution in [0.2, 0.25) is 0 Å². The number of amides is 2. The Morgan fingerprint density at radius 2 is 2.14 bits per heavy atom. The Bertz CT molecular complexity index is 578. The van der Waals surface area contributed by atoms with E-state index in [1.54, 1.807) is 13.8 Å². The average molecular weight is 291 g/mol. The van der Waals surface area contributed by atoms with Gasteiger partial charge in [-0.25, -0.2) is 4.79 Å². The Kier molecular flexibility index (Phi) is 5.55. The summed E-state index contributed by atoms with van der Waals surface area (Å²) in [5.74, 6) is -0.757. The molecule has 21 heavy (non-hydrogen) atoms. The van der Waals surface area contributed by atoms with Gasteiger partial charge < -0.3 is 20.1 Å². The van der Waals surface area contributed by atoms with Gasteiger partial charge in [0.05, 0.1) is 24.4 Å². The molecule has 0 saturated heterocycles. The molecule has 0 aliphatic carbocycles. The molecule has 0 bridgehead atoms. The second-order valence-electron chi connectivity index (χ2n) is 4.57. The van der Waals surface area contributed by atoms with Crippen LogP contribution in [0.1, 0.15) is 19.4 Å². The van der Waals surface area contributed by atoms with Crippen molar-refractivity contribution in [1.82, 2.24) is 4.90 Å². The van der Waals surface area contributed by atoms with Gasteiger partial charge in [0.1, 0.15) is 12.3 Å². The van der Waals surface area contributed by atoms with E-state index in [1.165, 1.54) is 30.2 Å². The third-order valence-electron chi connectivity index (χ3n) is 2.76. The van der Waals surface area contributed by atoms with E-state index in [-0.39, 0.29) is 6.04 Å². The number of hydrogen-bond donors (Lipinski definition) is 2. The summed E-state index contributed by atoms with van der Waals surface area (Å²) in [6.45, 7) is 3.04. The minimum absolute atomic E-state index is 0.273. The van der Waals surface area contributed by atoms with Crippen molar-refractivity contribution in [2.45, 2.75) is 19.9 Å². The number of nitrogens with zero attached hydrogens (tertiary/aromatic N) is 2. The van der Waals surface area contributed by atoms with Gasteiger partial charge in [0, 0.05) is 12.1 Å². The van der Waals surface area contributed by atoms with Crippen LogP contribution in [0.25, 0.3) is 0 Å². The minimum Gasteiger partial charge on any atom is -0.495 e. The number of methoxy groups -OCH3 is 1. The number of ether oxygens (including phenoxy) is 1. The lowest BCUT2D eigenvalue weighted by Crippen LogP contribution is -2.43. The van der Waals surface area contributed by atoms with E-state index in [2.05, 4.69) is 5.32 Å². The largest absolute Gasteiger partial charge is 0.495 e. The molecule has 1 rings (SSSR count). The van der Waals surface area contributed by atoms with Gasteiger partial charge in [-0.1, -0.05) is 0 Å². The summed E-state index contributed by atoms with van der Waals surface area (Å²) in [5.41, 5.74) is 0.772. The molecule has 0 spiro atoms. The normalized spacial score (nSPS) is 9.86. The molecule has 0 aliphatic heterocycles. The number of aliphatic carboxylic acids is 1. The molecule has 0 aliphatic rings. The summed E-state index contributed by atoms with van der Waals surface area (Å²) >= 11 is 0. The Morgan fingerprint density at radius 1 is 1.48 bits per heavy atom. The van der Waals surface area contributed by atoms with Gasteiger partial charge in [-0.15, -0.1) is 0 Å². The summed E-state index contributed by atoms with van der Waals surface area (Å²) in [5, 5.41) is 20.2. The molecule has 1 aromatic carbocycles. The molecule has 0 unspecified atom stereocenters. The number of benzene rings is 1. The standard InChI is InChI=1S/C14H17N3O4/c1-9(2)17(8-13(18)19)14(20)16-11-5-4-10(7-15)6-12(11)21-3/h4-6,9H,8H2,1-3H3,(H,16,20)(H,18,19). The summed E-state index contributed by atoms with van der Waals surface area (Å²) in [6, 6.07) is 5.72. The molecule has 7 heteroatoms. The SMILES string of the molecule is COc1cc(C#N)ccc1NC(=O)N(CC(=O)O)C(C)C. The van der Waals surface area contributed by atoms with Crippen LogP contribution in [0, 0.1) is 11.3 Å². The predicted molar refractivity (Wildman–Crippen MR) is 76.2 cm³/mol. The highest BCUT2D eigenvalue weighted by atomic mass is 16.5. The fourth-order valence-corrected chi connectivity index (χ4v) is 1.69. The first-order chi connectivity index (χ1) is 9.88. The third-order valence-corrected chi connectivity index (χ3v) is 2.76. The van der Waals surface area contributed by atoms with E-state index >= 15 is 0 Å². The smallest absolute Gasteiger partial charge is 0.323 e. The topological polar surface area (TPSA) is 103 Å². The van der Waals surface area contributed by atoms with Gasteiger partial charge in [0.2, 0.25) is 0 Å². The summed E-state index contributed by atoms with van der Waals surface area (Å²) in [7, 11) is 1.42. The Hall–Kier alpha value is -2.75. The molecule has 0 aromatic heterocycles. The first-order valence-corrected chi connectivity index (χ1v) is 6.26. The molecule has 7 nitrogen and oxygen atoms in total. The van der Waals surface area contributed by atoms with Gasteiger partial charge in [-0.2, -0.15) is 5.26 Å². The van der Waals surface area contributed by atoms with E-state index in [0.29, 0.717) is 17.0 Å². The first kappa shape index (κ1) is 16.3. The highest BCUT2D eigenvalue weighted by Crippen LogP contribution is 2.25. The van der Waals surface area contributed by atoms with E-state index in [4.69, 9.17) is 15.1 Å². The fraction of sp³-hybridized carbons (Fsp3) is 0.357. The van der Waals surface area contributed by atoms with E-state index in [1.807, 2.05) is 6.07 Å². The number of carbonyl (C=O) groups is 2. The van der Waals surface area contributed by atoms with Crippen LogP contribution >= 0.6 is 0 Å². The summed E-state index contributed by atoms with van der Waals surface area (Å²) < 4.78 is 5.11. The summed E-state index contributed by atoms with van der Waals surface area (Å²) in [6.07, 6.45) is 0. The number of carboxylic acid groups (broad SMARTS) is 1. The molecule has 0 fully saturated rings. The van der Waals surface area contributed by atoms with Crippen molar-refractivity contribution in [2.24, 2.45) is 0 Å². The fourth-order valence-electron chi connectivity index (χ4n) is 1.69. The Morgan fingerprint density at radius 3 is 2.62 bits per heavy atom. The molecule has 0 heterocycles. The van der Waals surface area contributed by atoms with E-state index in [9.17, 15) is 9.59 Å². The Labute approximate surface area is 122 Å². The second-order valence-corrected chi connectivity index (χ2v) is 4.57. The van der Waals surface area contributed by atoms with Crippen molar-refractivity contribution < 1.29 is 19.4 Å². The lowest BCUT2D eigenvalue weighted by Gasteiger charge is -2.25. The van der Waals surface area contributed by atoms with Crippen LogP contribution in [-0.4, -0.2) is 41.7 Å². The maximum absolute atomic E-state index is 12.1. The zero-order valence-electron chi connectivity index (χ0n) is 12.1. The number of nitriles is 1. The lowest BCUT2D eigenvalue weighted by atomic mass is 10.2. The van der Waals surface area contributed by atoms with Gasteiger partial charge in [0.15, 0.2) is 0 Å². The van der Waals surface area contributed by atoms with Crippen LogP contribution < -0.4 is 10.1 Å². The van der Waals surface area contributed by atoms with Crippen LogP contribution in [0.3, 0.4) is 0 Å². The molecular formula is C14H17N3O4. The van der Waals surface area contributed by atoms with E-state index < -0.39 is 18.5 Å². The monoisotopic (exact) mass is 291 g/mol. The van der Waals surface area contributed by atoms with Crippen LogP contribution in [0.5, 0.6) is 5.75 Å². The average Bonchev–Trinajstić information content (AvgIpc) is 2.44. The van der Waals surface area contributed by atoms with Crippen LogP contribution in [-0.2, 0) is 4.79 Å². The molecule has 0 saturated carbocycles. The van der Waals surface area contributed by atoms with Crippen LogP contribution in [0.4, 0.5) is 10.5 Å². The van der Waals surface area contributed by atoms with Gasteiger partial charge >= 0.3 is 12.0 Å².